The summed E-state index contributed by atoms with van der Waals surface area (Å²) in [5, 5.41) is 19.0. The number of aromatic amines is 2. The highest BCUT2D eigenvalue weighted by molar-refractivity contribution is 6.01. The first-order valence-corrected chi connectivity index (χ1v) is 9.87. The van der Waals surface area contributed by atoms with Crippen molar-refractivity contribution in [2.75, 3.05) is 0 Å². The van der Waals surface area contributed by atoms with Crippen LogP contribution in [-0.4, -0.2) is 35.2 Å². The number of nitrogens with zero attached hydrogens (tertiary/aromatic N) is 4. The van der Waals surface area contributed by atoms with E-state index in [4.69, 9.17) is 0 Å². The minimum Gasteiger partial charge on any atom is -0.508 e. The summed E-state index contributed by atoms with van der Waals surface area (Å²) in [6.07, 6.45) is 6.71. The Morgan fingerprint density at radius 1 is 0.844 bits per heavy atom. The van der Waals surface area contributed by atoms with Crippen LogP contribution in [0.2, 0.25) is 0 Å². The largest absolute Gasteiger partial charge is 0.508 e. The predicted octanol–water partition coefficient (Wildman–Crippen LogP) is 5.07. The van der Waals surface area contributed by atoms with Gasteiger partial charge in [-0.2, -0.15) is 5.10 Å². The van der Waals surface area contributed by atoms with Crippen molar-refractivity contribution in [1.82, 2.24) is 30.1 Å². The van der Waals surface area contributed by atoms with Gasteiger partial charge in [0.05, 0.1) is 5.69 Å². The zero-order valence-electron chi connectivity index (χ0n) is 16.5. The van der Waals surface area contributed by atoms with E-state index >= 15 is 0 Å². The van der Waals surface area contributed by atoms with E-state index in [1.807, 2.05) is 30.3 Å². The fourth-order valence-electron chi connectivity index (χ4n) is 3.98. The fourth-order valence-corrected chi connectivity index (χ4v) is 3.98. The highest BCUT2D eigenvalue weighted by Crippen LogP contribution is 2.35. The molecule has 0 fully saturated rings. The van der Waals surface area contributed by atoms with Crippen molar-refractivity contribution in [3.63, 3.8) is 0 Å². The van der Waals surface area contributed by atoms with Gasteiger partial charge >= 0.3 is 0 Å². The maximum absolute atomic E-state index is 13.9. The first kappa shape index (κ1) is 18.2. The minimum atomic E-state index is -0.491. The number of halogens is 1. The summed E-state index contributed by atoms with van der Waals surface area (Å²) in [6.45, 7) is 0. The molecule has 6 rings (SSSR count). The van der Waals surface area contributed by atoms with Crippen LogP contribution in [0.4, 0.5) is 4.39 Å². The van der Waals surface area contributed by atoms with Crippen molar-refractivity contribution < 1.29 is 9.50 Å². The molecule has 0 radical (unpaired) electrons. The van der Waals surface area contributed by atoms with E-state index in [9.17, 15) is 9.50 Å². The molecule has 0 aliphatic rings. The fraction of sp³-hybridized carbons (Fsp3) is 0. The molecule has 0 aliphatic carbocycles. The molecule has 4 heterocycles. The maximum Gasteiger partial charge on any atom is 0.155 e. The van der Waals surface area contributed by atoms with E-state index in [0.29, 0.717) is 11.2 Å². The third kappa shape index (κ3) is 2.97. The van der Waals surface area contributed by atoms with Crippen LogP contribution in [0, 0.1) is 5.82 Å². The molecule has 3 N–H and O–H groups in total. The summed E-state index contributed by atoms with van der Waals surface area (Å²) in [4.78, 5) is 16.0. The summed E-state index contributed by atoms with van der Waals surface area (Å²) >= 11 is 0. The van der Waals surface area contributed by atoms with Crippen molar-refractivity contribution >= 4 is 21.9 Å². The van der Waals surface area contributed by atoms with Crippen molar-refractivity contribution in [2.24, 2.45) is 0 Å². The lowest BCUT2D eigenvalue weighted by Gasteiger charge is -2.05. The van der Waals surface area contributed by atoms with E-state index < -0.39 is 5.82 Å². The molecular formula is C24H15FN6O. The zero-order valence-corrected chi connectivity index (χ0v) is 16.5. The van der Waals surface area contributed by atoms with E-state index in [1.165, 1.54) is 12.4 Å². The lowest BCUT2D eigenvalue weighted by molar-refractivity contribution is 0.469. The SMILES string of the molecule is Oc1cc(F)cc(-c2cccc3[nH]c(-c4n[nH]c5ncc(-c6cncnc6)cc45)cc23)c1. The van der Waals surface area contributed by atoms with Gasteiger partial charge in [-0.3, -0.25) is 5.10 Å². The molecule has 0 bridgehead atoms. The average Bonchev–Trinajstić information content (AvgIpc) is 3.42. The standard InChI is InChI=1S/C24H15FN6O/c25-16-4-13(5-17(32)7-16)18-2-1-3-21-19(18)8-22(29-21)23-20-6-14(11-28-24(20)31-30-23)15-9-26-12-27-10-15/h1-12,29,32H,(H,28,30,31). The quantitative estimate of drug-likeness (QED) is 0.369. The summed E-state index contributed by atoms with van der Waals surface area (Å²) in [5.41, 5.74) is 6.19. The molecule has 0 aliphatic heterocycles. The lowest BCUT2D eigenvalue weighted by atomic mass is 10.0. The predicted molar refractivity (Wildman–Crippen MR) is 119 cm³/mol. The second kappa shape index (κ2) is 6.98. The third-order valence-electron chi connectivity index (χ3n) is 5.42. The topological polar surface area (TPSA) is 103 Å². The molecule has 0 atom stereocenters. The van der Waals surface area contributed by atoms with Crippen LogP contribution >= 0.6 is 0 Å². The van der Waals surface area contributed by atoms with E-state index in [2.05, 4.69) is 30.1 Å². The summed E-state index contributed by atoms with van der Waals surface area (Å²) in [6, 6.07) is 13.7. The zero-order chi connectivity index (χ0) is 21.7. The number of benzene rings is 2. The Bertz CT molecular complexity index is 1590. The molecule has 154 valence electrons. The van der Waals surface area contributed by atoms with Crippen LogP contribution in [0.25, 0.3) is 55.6 Å². The van der Waals surface area contributed by atoms with Crippen LogP contribution in [0.3, 0.4) is 0 Å². The number of phenols is 1. The van der Waals surface area contributed by atoms with Gasteiger partial charge in [-0.15, -0.1) is 0 Å². The molecule has 0 unspecified atom stereocenters. The Hall–Kier alpha value is -4.59. The van der Waals surface area contributed by atoms with Gasteiger partial charge in [0.25, 0.3) is 0 Å². The average molecular weight is 422 g/mol. The normalized spacial score (nSPS) is 11.4. The van der Waals surface area contributed by atoms with Gasteiger partial charge in [0, 0.05) is 52.1 Å². The lowest BCUT2D eigenvalue weighted by Crippen LogP contribution is -1.85. The van der Waals surface area contributed by atoms with Crippen molar-refractivity contribution in [3.8, 4) is 39.4 Å². The number of rotatable bonds is 3. The van der Waals surface area contributed by atoms with Crippen molar-refractivity contribution in [1.29, 1.82) is 0 Å². The summed E-state index contributed by atoms with van der Waals surface area (Å²) < 4.78 is 13.9. The molecular weight excluding hydrogens is 407 g/mol. The number of aromatic hydroxyl groups is 1. The van der Waals surface area contributed by atoms with Gasteiger partial charge < -0.3 is 10.1 Å². The number of hydrogen-bond donors (Lipinski definition) is 3. The number of pyridine rings is 1. The first-order valence-electron chi connectivity index (χ1n) is 9.87. The number of aromatic nitrogens is 6. The molecule has 0 saturated heterocycles. The molecule has 2 aromatic carbocycles. The van der Waals surface area contributed by atoms with Crippen molar-refractivity contribution in [3.05, 3.63) is 79.3 Å². The Morgan fingerprint density at radius 3 is 2.56 bits per heavy atom. The van der Waals surface area contributed by atoms with Gasteiger partial charge in [0.2, 0.25) is 0 Å². The van der Waals surface area contributed by atoms with Crippen LogP contribution in [0.15, 0.2) is 73.4 Å². The Labute approximate surface area is 180 Å². The maximum atomic E-state index is 13.9. The van der Waals surface area contributed by atoms with Crippen LogP contribution < -0.4 is 0 Å². The second-order valence-electron chi connectivity index (χ2n) is 7.47. The number of H-pyrrole nitrogens is 2. The van der Waals surface area contributed by atoms with Gasteiger partial charge in [-0.05, 0) is 41.5 Å². The molecule has 0 amide bonds. The molecule has 4 aromatic heterocycles. The molecule has 0 spiro atoms. The Kier molecular flexibility index (Phi) is 3.97. The Balaban J connectivity index is 1.52. The third-order valence-corrected chi connectivity index (χ3v) is 5.42. The van der Waals surface area contributed by atoms with Crippen LogP contribution in [0.5, 0.6) is 5.75 Å². The van der Waals surface area contributed by atoms with Crippen molar-refractivity contribution in [2.45, 2.75) is 0 Å². The number of nitrogens with one attached hydrogen (secondary N) is 2. The summed E-state index contributed by atoms with van der Waals surface area (Å²) in [5.74, 6) is -0.607. The van der Waals surface area contributed by atoms with Crippen LogP contribution in [-0.2, 0) is 0 Å². The smallest absolute Gasteiger partial charge is 0.155 e. The molecule has 7 nitrogen and oxygen atoms in total. The summed E-state index contributed by atoms with van der Waals surface area (Å²) in [7, 11) is 0. The minimum absolute atomic E-state index is 0.116. The van der Waals surface area contributed by atoms with Gasteiger partial charge in [-0.1, -0.05) is 12.1 Å². The van der Waals surface area contributed by atoms with Crippen LogP contribution in [0.1, 0.15) is 0 Å². The van der Waals surface area contributed by atoms with Gasteiger partial charge in [0.15, 0.2) is 5.65 Å². The molecule has 6 aromatic rings. The second-order valence-corrected chi connectivity index (χ2v) is 7.47. The first-order chi connectivity index (χ1) is 15.7. The van der Waals surface area contributed by atoms with E-state index in [-0.39, 0.29) is 5.75 Å². The number of hydrogen-bond acceptors (Lipinski definition) is 5. The molecule has 32 heavy (non-hydrogen) atoms. The number of phenolic OH excluding ortho intramolecular Hbond substituents is 1. The molecule has 0 saturated carbocycles. The van der Waals surface area contributed by atoms with Gasteiger partial charge in [-0.25, -0.2) is 19.3 Å². The van der Waals surface area contributed by atoms with E-state index in [0.717, 1.165) is 50.4 Å². The highest BCUT2D eigenvalue weighted by Gasteiger charge is 2.15. The Morgan fingerprint density at radius 2 is 1.72 bits per heavy atom. The number of fused-ring (bicyclic) bond motifs is 2. The monoisotopic (exact) mass is 422 g/mol. The van der Waals surface area contributed by atoms with Gasteiger partial charge in [0.1, 0.15) is 23.6 Å². The van der Waals surface area contributed by atoms with E-state index in [1.54, 1.807) is 24.7 Å². The molecule has 8 heteroatoms. The highest BCUT2D eigenvalue weighted by atomic mass is 19.1.